The monoisotopic (exact) mass is 591 g/mol. The molecule has 0 radical (unpaired) electrons. The summed E-state index contributed by atoms with van der Waals surface area (Å²) >= 11 is 12.3. The number of anilines is 1. The topological polar surface area (TPSA) is 113 Å². The van der Waals surface area contributed by atoms with Crippen molar-refractivity contribution in [3.8, 4) is 5.75 Å². The first kappa shape index (κ1) is 29.5. The zero-order chi connectivity index (χ0) is 27.2. The van der Waals surface area contributed by atoms with E-state index in [1.807, 2.05) is 0 Å². The Bertz CT molecular complexity index is 1300. The Morgan fingerprint density at radius 1 is 1.05 bits per heavy atom. The van der Waals surface area contributed by atoms with E-state index in [0.29, 0.717) is 18.8 Å². The van der Waals surface area contributed by atoms with E-state index in [1.165, 1.54) is 34.6 Å². The first-order chi connectivity index (χ1) is 17.4. The Kier molecular flexibility index (Phi) is 10.1. The maximum atomic E-state index is 12.9. The van der Waals surface area contributed by atoms with Crippen LogP contribution >= 0.6 is 23.2 Å². The van der Waals surface area contributed by atoms with E-state index in [0.717, 1.165) is 29.8 Å². The lowest BCUT2D eigenvalue weighted by atomic mass is 10.2. The number of hydrogen-bond acceptors (Lipinski definition) is 6. The van der Waals surface area contributed by atoms with Crippen LogP contribution in [0.1, 0.15) is 32.6 Å². The smallest absolute Gasteiger partial charge is 0.244 e. The molecule has 13 heteroatoms. The van der Waals surface area contributed by atoms with Crippen molar-refractivity contribution in [1.82, 2.24) is 9.62 Å². The molecule has 2 aromatic rings. The number of amides is 1. The first-order valence-electron chi connectivity index (χ1n) is 11.9. The summed E-state index contributed by atoms with van der Waals surface area (Å²) in [6.45, 7) is 2.94. The molecule has 204 valence electrons. The lowest BCUT2D eigenvalue weighted by Gasteiger charge is -2.30. The van der Waals surface area contributed by atoms with Crippen LogP contribution in [-0.4, -0.2) is 65.6 Å². The van der Waals surface area contributed by atoms with Gasteiger partial charge in [0, 0.05) is 18.1 Å². The van der Waals surface area contributed by atoms with Crippen LogP contribution in [0.5, 0.6) is 5.75 Å². The summed E-state index contributed by atoms with van der Waals surface area (Å²) in [7, 11) is -7.39. The third-order valence-corrected chi connectivity index (χ3v) is 9.56. The summed E-state index contributed by atoms with van der Waals surface area (Å²) in [5, 5.41) is 3.12. The van der Waals surface area contributed by atoms with Crippen molar-refractivity contribution in [2.24, 2.45) is 0 Å². The lowest BCUT2D eigenvalue weighted by Crippen LogP contribution is -2.50. The summed E-state index contributed by atoms with van der Waals surface area (Å²) in [4.78, 5) is 13.1. The van der Waals surface area contributed by atoms with Gasteiger partial charge in [0.05, 0.1) is 28.4 Å². The van der Waals surface area contributed by atoms with Crippen LogP contribution in [0.25, 0.3) is 0 Å². The van der Waals surface area contributed by atoms with Gasteiger partial charge >= 0.3 is 0 Å². The number of piperidine rings is 1. The molecule has 1 atom stereocenters. The quantitative estimate of drug-likeness (QED) is 0.396. The molecule has 1 saturated heterocycles. The van der Waals surface area contributed by atoms with Crippen LogP contribution in [0.15, 0.2) is 47.4 Å². The fraction of sp³-hybridized carbons (Fsp3) is 0.458. The molecule has 0 spiro atoms. The van der Waals surface area contributed by atoms with Crippen LogP contribution in [-0.2, 0) is 24.8 Å². The van der Waals surface area contributed by atoms with Gasteiger partial charge in [-0.25, -0.2) is 16.8 Å². The molecule has 1 N–H and O–H groups in total. The highest BCUT2D eigenvalue weighted by Gasteiger charge is 2.33. The van der Waals surface area contributed by atoms with Crippen molar-refractivity contribution >= 4 is 54.8 Å². The second-order valence-corrected chi connectivity index (χ2v) is 13.3. The zero-order valence-electron chi connectivity index (χ0n) is 20.7. The lowest BCUT2D eigenvalue weighted by molar-refractivity contribution is -0.122. The van der Waals surface area contributed by atoms with Crippen molar-refractivity contribution in [2.45, 2.75) is 43.5 Å². The highest BCUT2D eigenvalue weighted by molar-refractivity contribution is 7.92. The molecule has 0 bridgehead atoms. The standard InChI is InChI=1S/C24H31Cl2N3O6S2/c1-3-22(29(36(2,31)32)23-17-18(25)7-12-21(23)26)24(30)27-13-16-35-19-8-10-20(11-9-19)37(33,34)28-14-5-4-6-15-28/h7-12,17,22H,3-6,13-16H2,1-2H3,(H,27,30). The highest BCUT2D eigenvalue weighted by Crippen LogP contribution is 2.33. The number of nitrogens with one attached hydrogen (secondary N) is 1. The Morgan fingerprint density at radius 3 is 2.30 bits per heavy atom. The Labute approximate surface area is 228 Å². The average Bonchev–Trinajstić information content (AvgIpc) is 2.86. The molecule has 3 rings (SSSR count). The van der Waals surface area contributed by atoms with Crippen molar-refractivity contribution < 1.29 is 26.4 Å². The largest absolute Gasteiger partial charge is 0.492 e. The maximum absolute atomic E-state index is 12.9. The molecule has 2 aromatic carbocycles. The number of ether oxygens (including phenoxy) is 1. The SMILES string of the molecule is CCC(C(=O)NCCOc1ccc(S(=O)(=O)N2CCCCC2)cc1)N(c1cc(Cl)ccc1Cl)S(C)(=O)=O. The zero-order valence-corrected chi connectivity index (χ0v) is 23.8. The molecule has 1 heterocycles. The highest BCUT2D eigenvalue weighted by atomic mass is 35.5. The number of rotatable bonds is 11. The number of halogens is 2. The molecule has 37 heavy (non-hydrogen) atoms. The molecule has 1 unspecified atom stereocenters. The van der Waals surface area contributed by atoms with Gasteiger partial charge in [0.15, 0.2) is 0 Å². The second-order valence-electron chi connectivity index (χ2n) is 8.65. The fourth-order valence-electron chi connectivity index (χ4n) is 4.11. The molecule has 1 aliphatic rings. The number of carbonyl (C=O) groups is 1. The minimum Gasteiger partial charge on any atom is -0.492 e. The summed E-state index contributed by atoms with van der Waals surface area (Å²) in [5.41, 5.74) is 0.120. The van der Waals surface area contributed by atoms with Crippen LogP contribution in [0.3, 0.4) is 0 Å². The Morgan fingerprint density at radius 2 is 1.70 bits per heavy atom. The Balaban J connectivity index is 1.60. The first-order valence-corrected chi connectivity index (χ1v) is 15.9. The molecule has 1 aliphatic heterocycles. The van der Waals surface area contributed by atoms with Gasteiger partial charge in [-0.05, 0) is 61.7 Å². The van der Waals surface area contributed by atoms with Gasteiger partial charge < -0.3 is 10.1 Å². The minimum absolute atomic E-state index is 0.0944. The average molecular weight is 593 g/mol. The van der Waals surface area contributed by atoms with Crippen molar-refractivity contribution in [1.29, 1.82) is 0 Å². The van der Waals surface area contributed by atoms with E-state index in [9.17, 15) is 21.6 Å². The molecule has 0 saturated carbocycles. The summed E-state index contributed by atoms with van der Waals surface area (Å²) in [6.07, 6.45) is 3.95. The van der Waals surface area contributed by atoms with Crippen molar-refractivity contribution in [2.75, 3.05) is 36.8 Å². The molecule has 1 amide bonds. The van der Waals surface area contributed by atoms with E-state index in [-0.39, 0.29) is 40.2 Å². The van der Waals surface area contributed by atoms with E-state index in [4.69, 9.17) is 27.9 Å². The number of carbonyl (C=O) groups excluding carboxylic acids is 1. The van der Waals surface area contributed by atoms with Gasteiger partial charge in [0.1, 0.15) is 18.4 Å². The van der Waals surface area contributed by atoms with Gasteiger partial charge in [-0.2, -0.15) is 4.31 Å². The van der Waals surface area contributed by atoms with Gasteiger partial charge in [0.2, 0.25) is 26.0 Å². The maximum Gasteiger partial charge on any atom is 0.244 e. The summed E-state index contributed by atoms with van der Waals surface area (Å²) < 4.78 is 58.8. The number of nitrogens with zero attached hydrogens (tertiary/aromatic N) is 2. The van der Waals surface area contributed by atoms with Crippen molar-refractivity contribution in [3.05, 3.63) is 52.5 Å². The van der Waals surface area contributed by atoms with E-state index < -0.39 is 32.0 Å². The third kappa shape index (κ3) is 7.51. The van der Waals surface area contributed by atoms with E-state index >= 15 is 0 Å². The molecular weight excluding hydrogens is 561 g/mol. The van der Waals surface area contributed by atoms with E-state index in [2.05, 4.69) is 5.32 Å². The van der Waals surface area contributed by atoms with Crippen LogP contribution in [0.2, 0.25) is 10.0 Å². The van der Waals surface area contributed by atoms with Gasteiger partial charge in [-0.1, -0.05) is 36.5 Å². The van der Waals surface area contributed by atoms with Crippen molar-refractivity contribution in [3.63, 3.8) is 0 Å². The summed E-state index contributed by atoms with van der Waals surface area (Å²) in [6, 6.07) is 9.50. The Hall–Kier alpha value is -2.05. The summed E-state index contributed by atoms with van der Waals surface area (Å²) in [5.74, 6) is -0.0714. The predicted octanol–water partition coefficient (Wildman–Crippen LogP) is 3.91. The predicted molar refractivity (Wildman–Crippen MR) is 145 cm³/mol. The number of benzene rings is 2. The normalized spacial score (nSPS) is 15.7. The number of sulfonamides is 2. The van der Waals surface area contributed by atoms with Crippen LogP contribution in [0, 0.1) is 0 Å². The number of hydrogen-bond donors (Lipinski definition) is 1. The molecule has 0 aromatic heterocycles. The fourth-order valence-corrected chi connectivity index (χ4v) is 7.27. The van der Waals surface area contributed by atoms with Gasteiger partial charge in [-0.15, -0.1) is 0 Å². The van der Waals surface area contributed by atoms with Crippen LogP contribution in [0.4, 0.5) is 5.69 Å². The molecule has 1 fully saturated rings. The van der Waals surface area contributed by atoms with Gasteiger partial charge in [-0.3, -0.25) is 9.10 Å². The third-order valence-electron chi connectivity index (χ3n) is 5.92. The van der Waals surface area contributed by atoms with Crippen LogP contribution < -0.4 is 14.4 Å². The molecular formula is C24H31Cl2N3O6S2. The van der Waals surface area contributed by atoms with Gasteiger partial charge in [0.25, 0.3) is 0 Å². The molecule has 0 aliphatic carbocycles. The molecule has 9 nitrogen and oxygen atoms in total. The minimum atomic E-state index is -3.87. The van der Waals surface area contributed by atoms with E-state index in [1.54, 1.807) is 19.1 Å². The second kappa shape index (κ2) is 12.7.